The summed E-state index contributed by atoms with van der Waals surface area (Å²) in [5, 5.41) is 0. The molecule has 2 rings (SSSR count). The second kappa shape index (κ2) is 8.63. The van der Waals surface area contributed by atoms with Crippen LogP contribution in [0, 0.1) is 0 Å². The maximum atomic E-state index is 13.2. The monoisotopic (exact) mass is 395 g/mol. The summed E-state index contributed by atoms with van der Waals surface area (Å²) in [5.41, 5.74) is 0.151. The molecule has 0 saturated carbocycles. The minimum absolute atomic E-state index is 0.0166. The largest absolute Gasteiger partial charge is 0.497 e. The third kappa shape index (κ3) is 4.43. The van der Waals surface area contributed by atoms with E-state index in [1.165, 1.54) is 58.8 Å². The van der Waals surface area contributed by atoms with Crippen molar-refractivity contribution in [3.8, 4) is 17.2 Å². The van der Waals surface area contributed by atoms with Crippen LogP contribution in [0.4, 0.5) is 5.69 Å². The van der Waals surface area contributed by atoms with Gasteiger partial charge in [-0.3, -0.25) is 9.10 Å². The molecule has 0 aliphatic rings. The average molecular weight is 395 g/mol. The van der Waals surface area contributed by atoms with Gasteiger partial charge in [0.25, 0.3) is 10.0 Å². The van der Waals surface area contributed by atoms with Crippen molar-refractivity contribution >= 4 is 21.7 Å². The van der Waals surface area contributed by atoms with Gasteiger partial charge in [0.15, 0.2) is 0 Å². The lowest BCUT2D eigenvalue weighted by Crippen LogP contribution is -2.36. The summed E-state index contributed by atoms with van der Waals surface area (Å²) in [7, 11) is 1.42. The molecule has 0 saturated heterocycles. The molecule has 0 heterocycles. The number of nitrogens with zero attached hydrogens (tertiary/aromatic N) is 1. The second-order valence-corrected chi connectivity index (χ2v) is 7.16. The van der Waals surface area contributed by atoms with Crippen LogP contribution < -0.4 is 18.5 Å². The van der Waals surface area contributed by atoms with Crippen LogP contribution in [0.2, 0.25) is 0 Å². The number of carbonyl (C=O) groups excluding carboxylic acids is 1. The zero-order valence-electron chi connectivity index (χ0n) is 15.5. The van der Waals surface area contributed by atoms with E-state index in [1.807, 2.05) is 0 Å². The minimum atomic E-state index is -4.10. The van der Waals surface area contributed by atoms with E-state index in [2.05, 4.69) is 4.74 Å². The number of hydrogen-bond acceptors (Lipinski definition) is 7. The first-order valence-corrected chi connectivity index (χ1v) is 9.27. The number of carbonyl (C=O) groups is 1. The first-order valence-electron chi connectivity index (χ1n) is 7.83. The van der Waals surface area contributed by atoms with Gasteiger partial charge in [0.05, 0.1) is 39.0 Å². The quantitative estimate of drug-likeness (QED) is 0.632. The van der Waals surface area contributed by atoms with Gasteiger partial charge in [-0.2, -0.15) is 0 Å². The van der Waals surface area contributed by atoms with E-state index in [1.54, 1.807) is 12.1 Å². The van der Waals surface area contributed by atoms with Crippen LogP contribution in [0.1, 0.15) is 0 Å². The maximum Gasteiger partial charge on any atom is 0.326 e. The van der Waals surface area contributed by atoms with Crippen LogP contribution in [0.15, 0.2) is 47.4 Å². The van der Waals surface area contributed by atoms with E-state index >= 15 is 0 Å². The zero-order valence-corrected chi connectivity index (χ0v) is 16.3. The standard InChI is InChI=1S/C18H21NO7S/c1-23-13-5-8-15(9-6-13)27(21,22)19(12-18(20)26-4)16-11-14(24-2)7-10-17(16)25-3/h5-11H,12H2,1-4H3. The highest BCUT2D eigenvalue weighted by Gasteiger charge is 2.30. The molecule has 0 atom stereocenters. The van der Waals surface area contributed by atoms with Crippen molar-refractivity contribution in [1.82, 2.24) is 0 Å². The number of esters is 1. The predicted octanol–water partition coefficient (Wildman–Crippen LogP) is 2.08. The van der Waals surface area contributed by atoms with E-state index in [4.69, 9.17) is 14.2 Å². The van der Waals surface area contributed by atoms with Crippen LogP contribution in [-0.4, -0.2) is 49.4 Å². The summed E-state index contributed by atoms with van der Waals surface area (Å²) in [6, 6.07) is 10.5. The average Bonchev–Trinajstić information content (AvgIpc) is 2.71. The van der Waals surface area contributed by atoms with Gasteiger partial charge < -0.3 is 18.9 Å². The van der Waals surface area contributed by atoms with Crippen molar-refractivity contribution in [3.63, 3.8) is 0 Å². The topological polar surface area (TPSA) is 91.4 Å². The molecule has 146 valence electrons. The molecule has 0 aliphatic carbocycles. The van der Waals surface area contributed by atoms with Gasteiger partial charge in [-0.15, -0.1) is 0 Å². The van der Waals surface area contributed by atoms with E-state index in [0.29, 0.717) is 11.5 Å². The minimum Gasteiger partial charge on any atom is -0.497 e. The van der Waals surface area contributed by atoms with E-state index < -0.39 is 22.5 Å². The number of methoxy groups -OCH3 is 4. The fraction of sp³-hybridized carbons (Fsp3) is 0.278. The summed E-state index contributed by atoms with van der Waals surface area (Å²) in [5.74, 6) is 0.451. The molecular weight excluding hydrogens is 374 g/mol. The van der Waals surface area contributed by atoms with Gasteiger partial charge >= 0.3 is 5.97 Å². The molecule has 0 radical (unpaired) electrons. The lowest BCUT2D eigenvalue weighted by Gasteiger charge is -2.25. The normalized spacial score (nSPS) is 10.8. The third-order valence-corrected chi connectivity index (χ3v) is 5.58. The molecule has 0 N–H and O–H groups in total. The first kappa shape index (κ1) is 20.4. The molecule has 0 fully saturated rings. The lowest BCUT2D eigenvalue weighted by atomic mass is 10.2. The summed E-state index contributed by atoms with van der Waals surface area (Å²) in [6.07, 6.45) is 0. The Hall–Kier alpha value is -2.94. The lowest BCUT2D eigenvalue weighted by molar-refractivity contribution is -0.138. The van der Waals surface area contributed by atoms with Gasteiger partial charge in [-0.25, -0.2) is 8.42 Å². The van der Waals surface area contributed by atoms with E-state index in [0.717, 1.165) is 4.31 Å². The number of hydrogen-bond donors (Lipinski definition) is 0. The van der Waals surface area contributed by atoms with Crippen molar-refractivity contribution in [2.24, 2.45) is 0 Å². The van der Waals surface area contributed by atoms with E-state index in [-0.39, 0.29) is 16.3 Å². The molecule has 0 aliphatic heterocycles. The van der Waals surface area contributed by atoms with Gasteiger partial charge in [0.1, 0.15) is 23.8 Å². The molecular formula is C18H21NO7S. The first-order chi connectivity index (χ1) is 12.9. The number of sulfonamides is 1. The third-order valence-electron chi connectivity index (χ3n) is 3.80. The number of anilines is 1. The summed E-state index contributed by atoms with van der Waals surface area (Å²) in [6.45, 7) is -0.533. The van der Waals surface area contributed by atoms with Crippen LogP contribution in [0.25, 0.3) is 0 Å². The Morgan fingerprint density at radius 3 is 2.00 bits per heavy atom. The Labute approximate surface area is 158 Å². The Morgan fingerprint density at radius 1 is 0.889 bits per heavy atom. The Kier molecular flexibility index (Phi) is 6.51. The molecule has 27 heavy (non-hydrogen) atoms. The zero-order chi connectivity index (χ0) is 20.0. The Bertz CT molecular complexity index is 894. The highest BCUT2D eigenvalue weighted by Crippen LogP contribution is 2.35. The molecule has 0 aromatic heterocycles. The summed E-state index contributed by atoms with van der Waals surface area (Å²) >= 11 is 0. The number of rotatable bonds is 8. The Balaban J connectivity index is 2.61. The fourth-order valence-electron chi connectivity index (χ4n) is 2.35. The SMILES string of the molecule is COC(=O)CN(c1cc(OC)ccc1OC)S(=O)(=O)c1ccc(OC)cc1. The van der Waals surface area contributed by atoms with Crippen LogP contribution in [-0.2, 0) is 19.6 Å². The molecule has 0 unspecified atom stereocenters. The van der Waals surface area contributed by atoms with Gasteiger partial charge in [0.2, 0.25) is 0 Å². The maximum absolute atomic E-state index is 13.2. The van der Waals surface area contributed by atoms with Crippen molar-refractivity contribution in [3.05, 3.63) is 42.5 Å². The summed E-state index contributed by atoms with van der Waals surface area (Å²) in [4.78, 5) is 11.9. The fourth-order valence-corrected chi connectivity index (χ4v) is 3.76. The van der Waals surface area contributed by atoms with Gasteiger partial charge in [0, 0.05) is 6.07 Å². The smallest absolute Gasteiger partial charge is 0.326 e. The molecule has 0 spiro atoms. The molecule has 0 amide bonds. The van der Waals surface area contributed by atoms with Gasteiger partial charge in [-0.05, 0) is 36.4 Å². The van der Waals surface area contributed by atoms with Crippen molar-refractivity contribution < 1.29 is 32.2 Å². The molecule has 9 heteroatoms. The van der Waals surface area contributed by atoms with Gasteiger partial charge in [-0.1, -0.05) is 0 Å². The molecule has 2 aromatic carbocycles. The second-order valence-electron chi connectivity index (χ2n) is 5.30. The van der Waals surface area contributed by atoms with Crippen LogP contribution >= 0.6 is 0 Å². The molecule has 8 nitrogen and oxygen atoms in total. The van der Waals surface area contributed by atoms with Crippen LogP contribution in [0.3, 0.4) is 0 Å². The number of ether oxygens (including phenoxy) is 4. The molecule has 0 bridgehead atoms. The van der Waals surface area contributed by atoms with Crippen molar-refractivity contribution in [2.75, 3.05) is 39.3 Å². The van der Waals surface area contributed by atoms with E-state index in [9.17, 15) is 13.2 Å². The highest BCUT2D eigenvalue weighted by molar-refractivity contribution is 7.92. The summed E-state index contributed by atoms with van der Waals surface area (Å²) < 4.78 is 47.6. The van der Waals surface area contributed by atoms with Crippen molar-refractivity contribution in [1.29, 1.82) is 0 Å². The van der Waals surface area contributed by atoms with Crippen LogP contribution in [0.5, 0.6) is 17.2 Å². The molecule has 2 aromatic rings. The van der Waals surface area contributed by atoms with Crippen molar-refractivity contribution in [2.45, 2.75) is 4.90 Å². The highest BCUT2D eigenvalue weighted by atomic mass is 32.2. The Morgan fingerprint density at radius 2 is 1.48 bits per heavy atom. The predicted molar refractivity (Wildman–Crippen MR) is 99.1 cm³/mol. The number of benzene rings is 2.